The summed E-state index contributed by atoms with van der Waals surface area (Å²) in [5, 5.41) is 37.6. The van der Waals surface area contributed by atoms with Crippen LogP contribution in [0.25, 0.3) is 0 Å². The molecule has 0 saturated carbocycles. The maximum absolute atomic E-state index is 9.79. The zero-order chi connectivity index (χ0) is 15.4. The molecule has 2 unspecified atom stereocenters. The number of allylic oxidation sites excluding steroid dienone is 3. The molecule has 1 fully saturated rings. The highest BCUT2D eigenvalue weighted by Crippen LogP contribution is 2.29. The van der Waals surface area contributed by atoms with Crippen molar-refractivity contribution >= 4 is 0 Å². The van der Waals surface area contributed by atoms with Crippen LogP contribution in [0.3, 0.4) is 0 Å². The third kappa shape index (κ3) is 4.52. The number of hydrogen-bond acceptors (Lipinski definition) is 6. The Morgan fingerprint density at radius 2 is 2.05 bits per heavy atom. The third-order valence-corrected chi connectivity index (χ3v) is 4.19. The van der Waals surface area contributed by atoms with Crippen LogP contribution < -0.4 is 5.73 Å². The molecule has 1 aliphatic heterocycles. The summed E-state index contributed by atoms with van der Waals surface area (Å²) in [6.45, 7) is 0.0330. The molecular weight excluding hydrogens is 274 g/mol. The molecular formula is C15H25NO5. The molecule has 0 aromatic rings. The van der Waals surface area contributed by atoms with E-state index in [1.165, 1.54) is 0 Å². The average Bonchev–Trinajstić information content (AvgIpc) is 2.44. The molecule has 6 heteroatoms. The van der Waals surface area contributed by atoms with Gasteiger partial charge in [-0.1, -0.05) is 0 Å². The van der Waals surface area contributed by atoms with Crippen molar-refractivity contribution in [3.8, 4) is 0 Å². The molecule has 21 heavy (non-hydrogen) atoms. The van der Waals surface area contributed by atoms with E-state index in [9.17, 15) is 20.4 Å². The summed E-state index contributed by atoms with van der Waals surface area (Å²) >= 11 is 0. The van der Waals surface area contributed by atoms with Crippen LogP contribution in [0.2, 0.25) is 0 Å². The predicted molar refractivity (Wildman–Crippen MR) is 77.0 cm³/mol. The zero-order valence-electron chi connectivity index (χ0n) is 12.1. The van der Waals surface area contributed by atoms with Gasteiger partial charge in [0.15, 0.2) is 6.29 Å². The van der Waals surface area contributed by atoms with E-state index in [4.69, 9.17) is 10.5 Å². The fourth-order valence-corrected chi connectivity index (χ4v) is 3.00. The van der Waals surface area contributed by atoms with Crippen LogP contribution in [0, 0.1) is 0 Å². The van der Waals surface area contributed by atoms with E-state index in [1.807, 2.05) is 6.08 Å². The van der Waals surface area contributed by atoms with Gasteiger partial charge in [-0.25, -0.2) is 0 Å². The van der Waals surface area contributed by atoms with Gasteiger partial charge in [0.05, 0.1) is 18.8 Å². The van der Waals surface area contributed by atoms with Crippen LogP contribution in [0.5, 0.6) is 0 Å². The molecule has 0 bridgehead atoms. The van der Waals surface area contributed by atoms with Gasteiger partial charge in [0.25, 0.3) is 0 Å². The zero-order valence-corrected chi connectivity index (χ0v) is 12.1. The summed E-state index contributed by atoms with van der Waals surface area (Å²) < 4.78 is 5.61. The highest BCUT2D eigenvalue weighted by Gasteiger charge is 2.32. The van der Waals surface area contributed by atoms with Gasteiger partial charge in [0.2, 0.25) is 0 Å². The SMILES string of the molecule is NC1=CC(CCC2CC(O)C[C@@H](C(O)O)O2)=C(CO)CC1. The number of ether oxygens (including phenoxy) is 1. The Balaban J connectivity index is 1.94. The molecule has 6 N–H and O–H groups in total. The molecule has 0 radical (unpaired) electrons. The van der Waals surface area contributed by atoms with E-state index in [0.717, 1.165) is 29.7 Å². The maximum atomic E-state index is 9.79. The lowest BCUT2D eigenvalue weighted by Crippen LogP contribution is -2.42. The van der Waals surface area contributed by atoms with Crippen LogP contribution in [-0.4, -0.2) is 51.6 Å². The van der Waals surface area contributed by atoms with E-state index < -0.39 is 18.5 Å². The summed E-state index contributed by atoms with van der Waals surface area (Å²) in [5.74, 6) is 0. The quantitative estimate of drug-likeness (QED) is 0.453. The molecule has 1 heterocycles. The second kappa shape index (κ2) is 7.38. The molecule has 1 aliphatic carbocycles. The largest absolute Gasteiger partial charge is 0.402 e. The minimum absolute atomic E-state index is 0.0330. The molecule has 2 rings (SSSR count). The minimum Gasteiger partial charge on any atom is -0.402 e. The van der Waals surface area contributed by atoms with Crippen molar-refractivity contribution in [3.63, 3.8) is 0 Å². The van der Waals surface area contributed by atoms with Crippen LogP contribution in [0.15, 0.2) is 22.9 Å². The summed E-state index contributed by atoms with van der Waals surface area (Å²) in [6.07, 6.45) is 2.44. The molecule has 0 spiro atoms. The normalized spacial score (nSPS) is 30.7. The lowest BCUT2D eigenvalue weighted by Gasteiger charge is -2.34. The standard InChI is InChI=1S/C15H25NO5/c16-11-3-1-10(8-17)9(5-11)2-4-13-6-12(18)7-14(21-13)15(19)20/h5,12-15,17-20H,1-4,6-8,16H2/t12?,13?,14-/m0/s1. The monoisotopic (exact) mass is 299 g/mol. The molecule has 6 nitrogen and oxygen atoms in total. The third-order valence-electron chi connectivity index (χ3n) is 4.19. The van der Waals surface area contributed by atoms with E-state index in [-0.39, 0.29) is 19.1 Å². The van der Waals surface area contributed by atoms with Gasteiger partial charge in [-0.15, -0.1) is 0 Å². The van der Waals surface area contributed by atoms with Gasteiger partial charge in [-0.3, -0.25) is 0 Å². The summed E-state index contributed by atoms with van der Waals surface area (Å²) in [7, 11) is 0. The number of aliphatic hydroxyl groups excluding tert-OH is 3. The lowest BCUT2D eigenvalue weighted by atomic mass is 9.90. The first kappa shape index (κ1) is 16.5. The summed E-state index contributed by atoms with van der Waals surface area (Å²) in [4.78, 5) is 0. The minimum atomic E-state index is -1.57. The van der Waals surface area contributed by atoms with Gasteiger partial charge in [-0.05, 0) is 49.3 Å². The first-order chi connectivity index (χ1) is 9.99. The van der Waals surface area contributed by atoms with Crippen molar-refractivity contribution in [1.29, 1.82) is 0 Å². The highest BCUT2D eigenvalue weighted by atomic mass is 16.6. The van der Waals surface area contributed by atoms with Crippen molar-refractivity contribution in [2.75, 3.05) is 6.61 Å². The Hall–Kier alpha value is -0.920. The average molecular weight is 299 g/mol. The summed E-state index contributed by atoms with van der Waals surface area (Å²) in [6, 6.07) is 0. The fraction of sp³-hybridized carbons (Fsp3) is 0.733. The van der Waals surface area contributed by atoms with Crippen molar-refractivity contribution < 1.29 is 25.2 Å². The van der Waals surface area contributed by atoms with Crippen LogP contribution >= 0.6 is 0 Å². The number of hydrogen-bond donors (Lipinski definition) is 5. The molecule has 0 aromatic heterocycles. The Labute approximate surface area is 124 Å². The van der Waals surface area contributed by atoms with Gasteiger partial charge in [0.1, 0.15) is 6.10 Å². The Bertz CT molecular complexity index is 418. The topological polar surface area (TPSA) is 116 Å². The number of rotatable bonds is 5. The van der Waals surface area contributed by atoms with Crippen LogP contribution in [0.4, 0.5) is 0 Å². The lowest BCUT2D eigenvalue weighted by molar-refractivity contribution is -0.199. The van der Waals surface area contributed by atoms with Gasteiger partial charge in [-0.2, -0.15) is 0 Å². The Morgan fingerprint density at radius 1 is 1.29 bits per heavy atom. The fourth-order valence-electron chi connectivity index (χ4n) is 3.00. The highest BCUT2D eigenvalue weighted by molar-refractivity contribution is 5.33. The Morgan fingerprint density at radius 3 is 2.71 bits per heavy atom. The van der Waals surface area contributed by atoms with E-state index in [2.05, 4.69) is 0 Å². The van der Waals surface area contributed by atoms with E-state index >= 15 is 0 Å². The molecule has 120 valence electrons. The number of aliphatic hydroxyl groups is 4. The van der Waals surface area contributed by atoms with Gasteiger partial charge >= 0.3 is 0 Å². The molecule has 1 saturated heterocycles. The van der Waals surface area contributed by atoms with Crippen LogP contribution in [-0.2, 0) is 4.74 Å². The smallest absolute Gasteiger partial charge is 0.178 e. The van der Waals surface area contributed by atoms with Crippen molar-refractivity contribution in [1.82, 2.24) is 0 Å². The molecule has 2 aliphatic rings. The van der Waals surface area contributed by atoms with E-state index in [0.29, 0.717) is 19.3 Å². The molecule has 0 aromatic carbocycles. The molecule has 0 amide bonds. The molecule has 3 atom stereocenters. The summed E-state index contributed by atoms with van der Waals surface area (Å²) in [5.41, 5.74) is 8.69. The van der Waals surface area contributed by atoms with Crippen molar-refractivity contribution in [2.45, 2.75) is 63.1 Å². The van der Waals surface area contributed by atoms with Crippen LogP contribution in [0.1, 0.15) is 38.5 Å². The second-order valence-electron chi connectivity index (χ2n) is 5.88. The van der Waals surface area contributed by atoms with E-state index in [1.54, 1.807) is 0 Å². The van der Waals surface area contributed by atoms with Gasteiger partial charge in [0, 0.05) is 12.1 Å². The first-order valence-electron chi connectivity index (χ1n) is 7.47. The van der Waals surface area contributed by atoms with Crippen molar-refractivity contribution in [3.05, 3.63) is 22.9 Å². The van der Waals surface area contributed by atoms with Crippen molar-refractivity contribution in [2.24, 2.45) is 5.73 Å². The number of nitrogens with two attached hydrogens (primary N) is 1. The predicted octanol–water partition coefficient (Wildman–Crippen LogP) is -0.0889. The van der Waals surface area contributed by atoms with Gasteiger partial charge < -0.3 is 30.9 Å². The first-order valence-corrected chi connectivity index (χ1v) is 7.47. The maximum Gasteiger partial charge on any atom is 0.178 e. The second-order valence-corrected chi connectivity index (χ2v) is 5.88. The Kier molecular flexibility index (Phi) is 5.78.